The summed E-state index contributed by atoms with van der Waals surface area (Å²) in [7, 11) is 0. The molecule has 1 saturated carbocycles. The van der Waals surface area contributed by atoms with Crippen LogP contribution in [0, 0.1) is 5.92 Å². The van der Waals surface area contributed by atoms with Gasteiger partial charge in [-0.05, 0) is 61.1 Å². The number of fused-ring (bicyclic) bond motifs is 1. The smallest absolute Gasteiger partial charge is 0.420 e. The van der Waals surface area contributed by atoms with Gasteiger partial charge in [0.2, 0.25) is 0 Å². The number of amides is 1. The Morgan fingerprint density at radius 3 is 2.28 bits per heavy atom. The molecule has 32 heavy (non-hydrogen) atoms. The molecular formula is C22H21F6NO3. The normalized spacial score (nSPS) is 26.7. The predicted molar refractivity (Wildman–Crippen MR) is 103 cm³/mol. The van der Waals surface area contributed by atoms with Crippen molar-refractivity contribution in [3.8, 4) is 5.75 Å². The molecule has 0 unspecified atom stereocenters. The van der Waals surface area contributed by atoms with E-state index >= 15 is 0 Å². The maximum Gasteiger partial charge on any atom is 0.420 e. The Hall–Kier alpha value is -2.65. The maximum absolute atomic E-state index is 14.0. The van der Waals surface area contributed by atoms with Gasteiger partial charge in [-0.3, -0.25) is 0 Å². The van der Waals surface area contributed by atoms with Crippen molar-refractivity contribution in [1.82, 2.24) is 5.32 Å². The summed E-state index contributed by atoms with van der Waals surface area (Å²) in [5.41, 5.74) is -1.24. The fourth-order valence-electron chi connectivity index (χ4n) is 4.39. The molecule has 2 aliphatic rings. The van der Waals surface area contributed by atoms with Gasteiger partial charge in [0.15, 0.2) is 0 Å². The first kappa shape index (κ1) is 22.5. The van der Waals surface area contributed by atoms with Crippen LogP contribution in [0.5, 0.6) is 5.75 Å². The fourth-order valence-corrected chi connectivity index (χ4v) is 4.39. The van der Waals surface area contributed by atoms with Crippen LogP contribution in [0.2, 0.25) is 0 Å². The molecule has 1 saturated heterocycles. The monoisotopic (exact) mass is 461 g/mol. The summed E-state index contributed by atoms with van der Waals surface area (Å²) in [6, 6.07) is 7.04. The van der Waals surface area contributed by atoms with Crippen LogP contribution in [-0.2, 0) is 16.5 Å². The number of alkyl halides is 6. The topological polar surface area (TPSA) is 47.6 Å². The van der Waals surface area contributed by atoms with Gasteiger partial charge in [0.05, 0.1) is 17.6 Å². The Labute approximate surface area is 179 Å². The summed E-state index contributed by atoms with van der Waals surface area (Å²) in [4.78, 5) is 11.4. The number of hydrogen-bond donors (Lipinski definition) is 1. The molecule has 4 rings (SSSR count). The molecule has 1 amide bonds. The van der Waals surface area contributed by atoms with Crippen molar-refractivity contribution in [3.63, 3.8) is 0 Å². The van der Waals surface area contributed by atoms with Gasteiger partial charge in [-0.1, -0.05) is 18.2 Å². The van der Waals surface area contributed by atoms with Gasteiger partial charge < -0.3 is 14.8 Å². The van der Waals surface area contributed by atoms with Gasteiger partial charge in [0.1, 0.15) is 17.9 Å². The number of carbonyl (C=O) groups excluding carboxylic acids is 1. The predicted octanol–water partition coefficient (Wildman–Crippen LogP) is 6.31. The molecule has 0 radical (unpaired) electrons. The Kier molecular flexibility index (Phi) is 5.45. The minimum atomic E-state index is -4.73. The average Bonchev–Trinajstić information content (AvgIpc) is 3.06. The number of cyclic esters (lactones) is 1. The largest absolute Gasteiger partial charge is 0.490 e. The van der Waals surface area contributed by atoms with Crippen LogP contribution in [0.25, 0.3) is 10.8 Å². The van der Waals surface area contributed by atoms with Crippen LogP contribution in [0.3, 0.4) is 0 Å². The number of nitrogens with one attached hydrogen (secondary N) is 1. The number of rotatable bonds is 3. The van der Waals surface area contributed by atoms with Crippen LogP contribution in [-0.4, -0.2) is 25.0 Å². The number of carbonyl (C=O) groups is 1. The number of halogens is 6. The Morgan fingerprint density at radius 1 is 1.03 bits per heavy atom. The molecule has 0 spiro atoms. The lowest BCUT2D eigenvalue weighted by atomic mass is 9.87. The van der Waals surface area contributed by atoms with Crippen molar-refractivity contribution in [3.05, 3.63) is 41.5 Å². The summed E-state index contributed by atoms with van der Waals surface area (Å²) in [6.07, 6.45) is -10.6. The van der Waals surface area contributed by atoms with Crippen molar-refractivity contribution in [2.75, 3.05) is 6.61 Å². The van der Waals surface area contributed by atoms with E-state index in [4.69, 9.17) is 9.47 Å². The zero-order valence-electron chi connectivity index (χ0n) is 17.1. The van der Waals surface area contributed by atoms with E-state index in [1.54, 1.807) is 13.0 Å². The lowest BCUT2D eigenvalue weighted by Gasteiger charge is -2.31. The summed E-state index contributed by atoms with van der Waals surface area (Å²) >= 11 is 0. The minimum absolute atomic E-state index is 0.0382. The van der Waals surface area contributed by atoms with E-state index in [-0.39, 0.29) is 37.7 Å². The summed E-state index contributed by atoms with van der Waals surface area (Å²) in [5.74, 6) is -1.84. The van der Waals surface area contributed by atoms with Gasteiger partial charge in [-0.15, -0.1) is 0 Å². The lowest BCUT2D eigenvalue weighted by molar-refractivity contribution is -0.185. The van der Waals surface area contributed by atoms with Gasteiger partial charge in [0, 0.05) is 0 Å². The highest BCUT2D eigenvalue weighted by atomic mass is 19.4. The van der Waals surface area contributed by atoms with Crippen LogP contribution in [0.4, 0.5) is 31.1 Å². The summed E-state index contributed by atoms with van der Waals surface area (Å²) < 4.78 is 91.0. The molecule has 2 aromatic carbocycles. The molecule has 0 aromatic heterocycles. The summed E-state index contributed by atoms with van der Waals surface area (Å²) in [5, 5.41) is 2.86. The molecule has 10 heteroatoms. The second-order valence-electron chi connectivity index (χ2n) is 8.54. The Bertz CT molecular complexity index is 1030. The standard InChI is InChI=1S/C22H21F6NO3/c1-20(11-31-19(30)29-20)14-5-8-16-12(10-14)2-9-17(18(16)22(26,27)28)32-15-6-3-13(4-7-15)21(23,24)25/h2,5,8-10,13,15H,3-4,6-7,11H2,1H3,(H,29,30)/t13?,15?,20-/m0/s1. The Morgan fingerprint density at radius 2 is 1.72 bits per heavy atom. The first-order chi connectivity index (χ1) is 14.9. The fraction of sp³-hybridized carbons (Fsp3) is 0.500. The van der Waals surface area contributed by atoms with E-state index in [0.29, 0.717) is 10.9 Å². The molecule has 0 bridgehead atoms. The van der Waals surface area contributed by atoms with Gasteiger partial charge in [0.25, 0.3) is 0 Å². The third kappa shape index (κ3) is 4.31. The van der Waals surface area contributed by atoms with Gasteiger partial charge in [-0.2, -0.15) is 26.3 Å². The molecule has 1 aliphatic carbocycles. The van der Waals surface area contributed by atoms with E-state index in [9.17, 15) is 31.1 Å². The maximum atomic E-state index is 14.0. The number of benzene rings is 2. The van der Waals surface area contributed by atoms with E-state index in [1.165, 1.54) is 24.3 Å². The van der Waals surface area contributed by atoms with Crippen molar-refractivity contribution in [1.29, 1.82) is 0 Å². The molecule has 1 aliphatic heterocycles. The average molecular weight is 461 g/mol. The van der Waals surface area contributed by atoms with E-state index < -0.39 is 47.3 Å². The van der Waals surface area contributed by atoms with Crippen molar-refractivity contribution in [2.45, 2.75) is 56.6 Å². The molecule has 2 fully saturated rings. The Balaban J connectivity index is 1.64. The first-order valence-electron chi connectivity index (χ1n) is 10.2. The SMILES string of the molecule is C[C@@]1(c2ccc3c(C(F)(F)F)c(OC4CCC(C(F)(F)F)CC4)ccc3c2)COC(=O)N1. The molecule has 2 aromatic rings. The van der Waals surface area contributed by atoms with E-state index in [0.717, 1.165) is 0 Å². The van der Waals surface area contributed by atoms with Gasteiger partial charge >= 0.3 is 18.4 Å². The third-order valence-electron chi connectivity index (χ3n) is 6.20. The second kappa shape index (κ2) is 7.74. The molecule has 174 valence electrons. The zero-order chi connectivity index (χ0) is 23.3. The number of hydrogen-bond acceptors (Lipinski definition) is 3. The highest BCUT2D eigenvalue weighted by molar-refractivity contribution is 5.89. The van der Waals surface area contributed by atoms with E-state index in [2.05, 4.69) is 5.32 Å². The first-order valence-corrected chi connectivity index (χ1v) is 10.2. The van der Waals surface area contributed by atoms with Crippen LogP contribution in [0.1, 0.15) is 43.7 Å². The minimum Gasteiger partial charge on any atom is -0.490 e. The highest BCUT2D eigenvalue weighted by Gasteiger charge is 2.43. The zero-order valence-corrected chi connectivity index (χ0v) is 17.1. The highest BCUT2D eigenvalue weighted by Crippen LogP contribution is 2.44. The summed E-state index contributed by atoms with van der Waals surface area (Å²) in [6.45, 7) is 1.75. The molecule has 1 N–H and O–H groups in total. The number of ether oxygens (including phenoxy) is 2. The van der Waals surface area contributed by atoms with Crippen LogP contribution < -0.4 is 10.1 Å². The second-order valence-corrected chi connectivity index (χ2v) is 8.54. The van der Waals surface area contributed by atoms with Crippen molar-refractivity contribution < 1.29 is 40.6 Å². The molecule has 1 atom stereocenters. The lowest BCUT2D eigenvalue weighted by Crippen LogP contribution is -2.37. The van der Waals surface area contributed by atoms with E-state index in [1.807, 2.05) is 0 Å². The van der Waals surface area contributed by atoms with Crippen molar-refractivity contribution >= 4 is 16.9 Å². The van der Waals surface area contributed by atoms with Crippen LogP contribution >= 0.6 is 0 Å². The molecular weight excluding hydrogens is 440 g/mol. The molecule has 4 nitrogen and oxygen atoms in total. The quantitative estimate of drug-likeness (QED) is 0.545. The third-order valence-corrected chi connectivity index (χ3v) is 6.20. The van der Waals surface area contributed by atoms with Gasteiger partial charge in [-0.25, -0.2) is 4.79 Å². The van der Waals surface area contributed by atoms with Crippen LogP contribution in [0.15, 0.2) is 30.3 Å². The molecule has 1 heterocycles. The van der Waals surface area contributed by atoms with Crippen molar-refractivity contribution in [2.24, 2.45) is 5.92 Å². The number of alkyl carbamates (subject to hydrolysis) is 1.